The normalized spacial score (nSPS) is 26.0. The van der Waals surface area contributed by atoms with Crippen LogP contribution in [-0.2, 0) is 23.8 Å². The van der Waals surface area contributed by atoms with Gasteiger partial charge in [-0.25, -0.2) is 4.79 Å². The Labute approximate surface area is 138 Å². The molecule has 0 amide bonds. The largest absolute Gasteiger partial charge is 0.456 e. The van der Waals surface area contributed by atoms with Crippen LogP contribution < -0.4 is 11.4 Å². The molecule has 130 valence electrons. The van der Waals surface area contributed by atoms with Gasteiger partial charge in [-0.05, 0) is 6.92 Å². The Morgan fingerprint density at radius 3 is 2.46 bits per heavy atom. The van der Waals surface area contributed by atoms with Crippen LogP contribution in [0, 0.1) is 0 Å². The molecule has 1 aromatic rings. The van der Waals surface area contributed by atoms with E-state index in [0.717, 1.165) is 4.57 Å². The third-order valence-corrected chi connectivity index (χ3v) is 3.53. The zero-order chi connectivity index (χ0) is 18.0. The molecule has 24 heavy (non-hydrogen) atoms. The molecule has 1 aromatic heterocycles. The first-order chi connectivity index (χ1) is 11.2. The highest BCUT2D eigenvalue weighted by Gasteiger charge is 2.48. The van der Waals surface area contributed by atoms with Crippen LogP contribution in [0.5, 0.6) is 0 Å². The molecule has 2 N–H and O–H groups in total. The topological polar surface area (TPSA) is 123 Å². The van der Waals surface area contributed by atoms with Crippen LogP contribution in [0.2, 0.25) is 0 Å². The van der Waals surface area contributed by atoms with Crippen molar-refractivity contribution in [3.8, 4) is 0 Å². The maximum absolute atomic E-state index is 12.2. The second-order valence-electron chi connectivity index (χ2n) is 5.36. The number of carbonyl (C=O) groups is 2. The number of ether oxygens (including phenoxy) is 3. The summed E-state index contributed by atoms with van der Waals surface area (Å²) in [6.07, 6.45) is -0.620. The molecule has 1 saturated heterocycles. The average molecular weight is 337 g/mol. The first-order valence-corrected chi connectivity index (χ1v) is 7.25. The molecule has 1 aliphatic heterocycles. The molecule has 9 nitrogen and oxygen atoms in total. The zero-order valence-electron chi connectivity index (χ0n) is 13.6. The monoisotopic (exact) mass is 337 g/mol. The number of nitrogens with zero attached hydrogens (tertiary/aromatic N) is 2. The fourth-order valence-corrected chi connectivity index (χ4v) is 2.54. The number of hydrogen-bond donors (Lipinski definition) is 1. The highest BCUT2D eigenvalue weighted by atomic mass is 16.6. The summed E-state index contributed by atoms with van der Waals surface area (Å²) in [5.74, 6) is -1.12. The SMILES string of the molecule is C=Cc1cn([C@@H]2O[C@H](C)C(OC(C)=O)C2OC(C)=O)c(=O)nc1N. The van der Waals surface area contributed by atoms with Crippen molar-refractivity contribution in [3.63, 3.8) is 0 Å². The molecular formula is C15H19N3O6. The summed E-state index contributed by atoms with van der Waals surface area (Å²) in [6.45, 7) is 7.69. The second-order valence-corrected chi connectivity index (χ2v) is 5.36. The summed E-state index contributed by atoms with van der Waals surface area (Å²) in [6, 6.07) is 0. The van der Waals surface area contributed by atoms with E-state index >= 15 is 0 Å². The molecule has 4 atom stereocenters. The molecule has 0 aromatic carbocycles. The minimum absolute atomic E-state index is 0.0258. The summed E-state index contributed by atoms with van der Waals surface area (Å²) >= 11 is 0. The summed E-state index contributed by atoms with van der Waals surface area (Å²) < 4.78 is 17.3. The van der Waals surface area contributed by atoms with Crippen molar-refractivity contribution in [1.82, 2.24) is 9.55 Å². The fourth-order valence-electron chi connectivity index (χ4n) is 2.54. The van der Waals surface area contributed by atoms with Gasteiger partial charge in [0, 0.05) is 25.6 Å². The van der Waals surface area contributed by atoms with E-state index in [9.17, 15) is 14.4 Å². The van der Waals surface area contributed by atoms with E-state index in [4.69, 9.17) is 19.9 Å². The van der Waals surface area contributed by atoms with E-state index < -0.39 is 42.2 Å². The maximum Gasteiger partial charge on any atom is 0.351 e. The Hall–Kier alpha value is -2.68. The van der Waals surface area contributed by atoms with Crippen molar-refractivity contribution < 1.29 is 23.8 Å². The molecule has 0 saturated carbocycles. The van der Waals surface area contributed by atoms with E-state index in [-0.39, 0.29) is 5.82 Å². The Morgan fingerprint density at radius 1 is 1.33 bits per heavy atom. The molecule has 2 unspecified atom stereocenters. The van der Waals surface area contributed by atoms with Gasteiger partial charge in [0.2, 0.25) is 0 Å². The highest BCUT2D eigenvalue weighted by molar-refractivity contribution is 5.67. The van der Waals surface area contributed by atoms with Crippen LogP contribution in [0.1, 0.15) is 32.6 Å². The van der Waals surface area contributed by atoms with Crippen molar-refractivity contribution in [3.05, 3.63) is 28.8 Å². The van der Waals surface area contributed by atoms with Gasteiger partial charge >= 0.3 is 17.6 Å². The first kappa shape index (κ1) is 17.7. The van der Waals surface area contributed by atoms with Crippen molar-refractivity contribution in [1.29, 1.82) is 0 Å². The van der Waals surface area contributed by atoms with E-state index in [0.29, 0.717) is 5.56 Å². The van der Waals surface area contributed by atoms with Gasteiger partial charge in [-0.1, -0.05) is 12.7 Å². The summed E-state index contributed by atoms with van der Waals surface area (Å²) in [5, 5.41) is 0. The average Bonchev–Trinajstić information content (AvgIpc) is 2.75. The molecular weight excluding hydrogens is 318 g/mol. The summed E-state index contributed by atoms with van der Waals surface area (Å²) in [4.78, 5) is 38.6. The summed E-state index contributed by atoms with van der Waals surface area (Å²) in [5.41, 5.74) is 5.38. The standard InChI is InChI=1S/C15H19N3O6/c1-5-10-6-18(15(21)17-13(10)16)14-12(24-9(4)20)11(7(2)22-14)23-8(3)19/h5-7,11-12,14H,1H2,2-4H3,(H2,16,17,21)/t7-,11?,12?,14-/m1/s1. The van der Waals surface area contributed by atoms with E-state index in [2.05, 4.69) is 11.6 Å². The lowest BCUT2D eigenvalue weighted by atomic mass is 10.1. The molecule has 9 heteroatoms. The first-order valence-electron chi connectivity index (χ1n) is 7.25. The van der Waals surface area contributed by atoms with Gasteiger partial charge in [0.25, 0.3) is 0 Å². The Balaban J connectivity index is 2.47. The van der Waals surface area contributed by atoms with Crippen molar-refractivity contribution in [2.45, 2.75) is 45.3 Å². The minimum atomic E-state index is -1.01. The van der Waals surface area contributed by atoms with Crippen LogP contribution in [0.3, 0.4) is 0 Å². The number of hydrogen-bond acceptors (Lipinski definition) is 8. The number of nitrogen functional groups attached to an aromatic ring is 1. The molecule has 1 fully saturated rings. The van der Waals surface area contributed by atoms with Gasteiger partial charge in [-0.15, -0.1) is 0 Å². The molecule has 1 aliphatic rings. The van der Waals surface area contributed by atoms with Gasteiger partial charge in [0.05, 0.1) is 6.10 Å². The van der Waals surface area contributed by atoms with Crippen LogP contribution >= 0.6 is 0 Å². The molecule has 0 radical (unpaired) electrons. The lowest BCUT2D eigenvalue weighted by Crippen LogP contribution is -2.40. The van der Waals surface area contributed by atoms with Gasteiger partial charge < -0.3 is 19.9 Å². The zero-order valence-corrected chi connectivity index (χ0v) is 13.6. The number of aromatic nitrogens is 2. The summed E-state index contributed by atoms with van der Waals surface area (Å²) in [7, 11) is 0. The minimum Gasteiger partial charge on any atom is -0.456 e. The van der Waals surface area contributed by atoms with E-state index in [1.54, 1.807) is 6.92 Å². The van der Waals surface area contributed by atoms with Crippen molar-refractivity contribution in [2.75, 3.05) is 5.73 Å². The van der Waals surface area contributed by atoms with Crippen molar-refractivity contribution in [2.24, 2.45) is 0 Å². The maximum atomic E-state index is 12.2. The van der Waals surface area contributed by atoms with Crippen LogP contribution in [-0.4, -0.2) is 39.8 Å². The van der Waals surface area contributed by atoms with Gasteiger partial charge in [-0.3, -0.25) is 14.2 Å². The number of anilines is 1. The third-order valence-electron chi connectivity index (χ3n) is 3.53. The van der Waals surface area contributed by atoms with Gasteiger partial charge in [-0.2, -0.15) is 4.98 Å². The fraction of sp³-hybridized carbons (Fsp3) is 0.467. The Bertz CT molecular complexity index is 728. The molecule has 2 heterocycles. The quantitative estimate of drug-likeness (QED) is 0.776. The number of nitrogens with two attached hydrogens (primary N) is 1. The smallest absolute Gasteiger partial charge is 0.351 e. The third kappa shape index (κ3) is 3.46. The molecule has 0 spiro atoms. The number of carbonyl (C=O) groups excluding carboxylic acids is 2. The lowest BCUT2D eigenvalue weighted by Gasteiger charge is -2.23. The van der Waals surface area contributed by atoms with Crippen molar-refractivity contribution >= 4 is 23.8 Å². The predicted octanol–water partition coefficient (Wildman–Crippen LogP) is 0.249. The number of rotatable bonds is 4. The van der Waals surface area contributed by atoms with Crippen LogP contribution in [0.15, 0.2) is 17.6 Å². The Kier molecular flexibility index (Phi) is 5.03. The Morgan fingerprint density at radius 2 is 1.92 bits per heavy atom. The molecule has 2 rings (SSSR count). The van der Waals surface area contributed by atoms with E-state index in [1.807, 2.05) is 0 Å². The van der Waals surface area contributed by atoms with E-state index in [1.165, 1.54) is 26.1 Å². The lowest BCUT2D eigenvalue weighted by molar-refractivity contribution is -0.165. The second kappa shape index (κ2) is 6.83. The van der Waals surface area contributed by atoms with Crippen LogP contribution in [0.25, 0.3) is 6.08 Å². The molecule has 0 aliphatic carbocycles. The highest BCUT2D eigenvalue weighted by Crippen LogP contribution is 2.33. The molecule has 0 bridgehead atoms. The number of esters is 2. The van der Waals surface area contributed by atoms with Crippen LogP contribution in [0.4, 0.5) is 5.82 Å². The predicted molar refractivity (Wildman–Crippen MR) is 83.7 cm³/mol. The van der Waals surface area contributed by atoms with Gasteiger partial charge in [0.15, 0.2) is 18.4 Å². The van der Waals surface area contributed by atoms with Gasteiger partial charge in [0.1, 0.15) is 5.82 Å².